The predicted octanol–water partition coefficient (Wildman–Crippen LogP) is 2.55. The fourth-order valence-corrected chi connectivity index (χ4v) is 1.77. The Kier molecular flexibility index (Phi) is 2.97. The van der Waals surface area contributed by atoms with Gasteiger partial charge in [-0.05, 0) is 36.8 Å². The third kappa shape index (κ3) is 2.34. The summed E-state index contributed by atoms with van der Waals surface area (Å²) in [5, 5.41) is 11.7. The number of hydrogen-bond acceptors (Lipinski definition) is 2. The smallest absolute Gasteiger partial charge is 0.0515 e. The first-order valence-electron chi connectivity index (χ1n) is 5.27. The van der Waals surface area contributed by atoms with E-state index in [1.54, 1.807) is 0 Å². The van der Waals surface area contributed by atoms with Crippen molar-refractivity contribution >= 4 is 10.8 Å². The Morgan fingerprint density at radius 2 is 2.20 bits per heavy atom. The van der Waals surface area contributed by atoms with Crippen molar-refractivity contribution in [3.05, 3.63) is 42.2 Å². The van der Waals surface area contributed by atoms with Crippen LogP contribution in [0, 0.1) is 0 Å². The summed E-state index contributed by atoms with van der Waals surface area (Å²) < 4.78 is 0. The van der Waals surface area contributed by atoms with Gasteiger partial charge in [-0.1, -0.05) is 18.2 Å². The number of hydrogen-bond donors (Lipinski definition) is 1. The SMILES string of the molecule is C[C@@H](O)CCc1cccc2cnccc12. The van der Waals surface area contributed by atoms with Crippen LogP contribution in [-0.4, -0.2) is 16.2 Å². The number of nitrogens with zero attached hydrogens (tertiary/aromatic N) is 1. The standard InChI is InChI=1S/C13H15NO/c1-10(15)5-6-11-3-2-4-12-9-14-8-7-13(11)12/h2-4,7-10,15H,5-6H2,1H3/t10-/m1/s1. The highest BCUT2D eigenvalue weighted by molar-refractivity contribution is 5.84. The molecule has 0 saturated carbocycles. The molecule has 1 atom stereocenters. The number of aliphatic hydroxyl groups excluding tert-OH is 1. The number of aliphatic hydroxyl groups is 1. The number of aromatic nitrogens is 1. The van der Waals surface area contributed by atoms with Crippen molar-refractivity contribution in [3.63, 3.8) is 0 Å². The molecule has 15 heavy (non-hydrogen) atoms. The van der Waals surface area contributed by atoms with Crippen molar-refractivity contribution < 1.29 is 5.11 Å². The first kappa shape index (κ1) is 10.1. The van der Waals surface area contributed by atoms with Gasteiger partial charge >= 0.3 is 0 Å². The van der Waals surface area contributed by atoms with Gasteiger partial charge in [0.1, 0.15) is 0 Å². The monoisotopic (exact) mass is 201 g/mol. The van der Waals surface area contributed by atoms with Gasteiger partial charge < -0.3 is 5.11 Å². The number of aryl methyl sites for hydroxylation is 1. The van der Waals surface area contributed by atoms with Crippen LogP contribution in [0.4, 0.5) is 0 Å². The summed E-state index contributed by atoms with van der Waals surface area (Å²) in [6, 6.07) is 8.26. The van der Waals surface area contributed by atoms with E-state index in [0.29, 0.717) is 0 Å². The van der Waals surface area contributed by atoms with E-state index in [1.807, 2.05) is 31.5 Å². The highest BCUT2D eigenvalue weighted by atomic mass is 16.3. The molecular weight excluding hydrogens is 186 g/mol. The Balaban J connectivity index is 2.34. The molecule has 2 aromatic rings. The number of fused-ring (bicyclic) bond motifs is 1. The maximum atomic E-state index is 9.27. The zero-order valence-electron chi connectivity index (χ0n) is 8.85. The largest absolute Gasteiger partial charge is 0.393 e. The van der Waals surface area contributed by atoms with Gasteiger partial charge in [-0.15, -0.1) is 0 Å². The number of rotatable bonds is 3. The van der Waals surface area contributed by atoms with Gasteiger partial charge in [-0.3, -0.25) is 4.98 Å². The van der Waals surface area contributed by atoms with Gasteiger partial charge in [0.2, 0.25) is 0 Å². The van der Waals surface area contributed by atoms with E-state index in [2.05, 4.69) is 17.1 Å². The average Bonchev–Trinajstić information content (AvgIpc) is 2.26. The van der Waals surface area contributed by atoms with Crippen molar-refractivity contribution in [2.45, 2.75) is 25.9 Å². The van der Waals surface area contributed by atoms with Gasteiger partial charge in [0.25, 0.3) is 0 Å². The first-order valence-corrected chi connectivity index (χ1v) is 5.27. The normalized spacial score (nSPS) is 12.9. The first-order chi connectivity index (χ1) is 7.27. The molecule has 1 aromatic heterocycles. The van der Waals surface area contributed by atoms with Crippen LogP contribution >= 0.6 is 0 Å². The van der Waals surface area contributed by atoms with E-state index < -0.39 is 0 Å². The maximum absolute atomic E-state index is 9.27. The summed E-state index contributed by atoms with van der Waals surface area (Å²) in [7, 11) is 0. The van der Waals surface area contributed by atoms with Crippen LogP contribution in [0.2, 0.25) is 0 Å². The lowest BCUT2D eigenvalue weighted by molar-refractivity contribution is 0.185. The Morgan fingerprint density at radius 1 is 1.33 bits per heavy atom. The van der Waals surface area contributed by atoms with E-state index in [1.165, 1.54) is 16.3 Å². The van der Waals surface area contributed by atoms with Crippen molar-refractivity contribution in [1.82, 2.24) is 4.98 Å². The number of benzene rings is 1. The summed E-state index contributed by atoms with van der Waals surface area (Å²) in [5.74, 6) is 0. The molecule has 2 nitrogen and oxygen atoms in total. The highest BCUT2D eigenvalue weighted by Crippen LogP contribution is 2.19. The topological polar surface area (TPSA) is 33.1 Å². The molecule has 0 fully saturated rings. The second-order valence-corrected chi connectivity index (χ2v) is 3.90. The van der Waals surface area contributed by atoms with Crippen LogP contribution in [0.25, 0.3) is 10.8 Å². The second kappa shape index (κ2) is 4.41. The van der Waals surface area contributed by atoms with E-state index in [-0.39, 0.29) is 6.10 Å². The van der Waals surface area contributed by atoms with E-state index in [4.69, 9.17) is 0 Å². The average molecular weight is 201 g/mol. The molecule has 0 radical (unpaired) electrons. The minimum Gasteiger partial charge on any atom is -0.393 e. The molecule has 2 rings (SSSR count). The predicted molar refractivity (Wildman–Crippen MR) is 61.7 cm³/mol. The maximum Gasteiger partial charge on any atom is 0.0515 e. The van der Waals surface area contributed by atoms with Crippen molar-refractivity contribution in [1.29, 1.82) is 0 Å². The molecular formula is C13H15NO. The van der Waals surface area contributed by atoms with Crippen LogP contribution in [0.3, 0.4) is 0 Å². The summed E-state index contributed by atoms with van der Waals surface area (Å²) in [6.07, 6.45) is 5.18. The summed E-state index contributed by atoms with van der Waals surface area (Å²) >= 11 is 0. The Labute approximate surface area is 89.6 Å². The molecule has 0 saturated heterocycles. The zero-order chi connectivity index (χ0) is 10.7. The molecule has 1 aromatic carbocycles. The van der Waals surface area contributed by atoms with E-state index >= 15 is 0 Å². The molecule has 0 unspecified atom stereocenters. The lowest BCUT2D eigenvalue weighted by Crippen LogP contribution is -2.01. The van der Waals surface area contributed by atoms with Crippen molar-refractivity contribution in [2.24, 2.45) is 0 Å². The van der Waals surface area contributed by atoms with Gasteiger partial charge in [-0.25, -0.2) is 0 Å². The molecule has 1 heterocycles. The third-order valence-electron chi connectivity index (χ3n) is 2.60. The molecule has 0 aliphatic carbocycles. The summed E-state index contributed by atoms with van der Waals surface area (Å²) in [6.45, 7) is 1.83. The Bertz CT molecular complexity index is 446. The second-order valence-electron chi connectivity index (χ2n) is 3.90. The Hall–Kier alpha value is -1.41. The van der Waals surface area contributed by atoms with Gasteiger partial charge in [0.05, 0.1) is 6.10 Å². The molecule has 1 N–H and O–H groups in total. The lowest BCUT2D eigenvalue weighted by atomic mass is 10.0. The molecule has 0 amide bonds. The molecule has 0 aliphatic heterocycles. The van der Waals surface area contributed by atoms with Crippen molar-refractivity contribution in [2.75, 3.05) is 0 Å². The number of pyridine rings is 1. The van der Waals surface area contributed by atoms with Gasteiger partial charge in [0, 0.05) is 17.8 Å². The molecule has 2 heteroatoms. The van der Waals surface area contributed by atoms with Gasteiger partial charge in [-0.2, -0.15) is 0 Å². The molecule has 0 spiro atoms. The van der Waals surface area contributed by atoms with E-state index in [0.717, 1.165) is 12.8 Å². The zero-order valence-corrected chi connectivity index (χ0v) is 8.85. The minimum atomic E-state index is -0.234. The minimum absolute atomic E-state index is 0.234. The molecule has 78 valence electrons. The molecule has 0 aliphatic rings. The van der Waals surface area contributed by atoms with Crippen LogP contribution in [0.1, 0.15) is 18.9 Å². The lowest BCUT2D eigenvalue weighted by Gasteiger charge is -2.07. The Morgan fingerprint density at radius 3 is 3.00 bits per heavy atom. The van der Waals surface area contributed by atoms with Crippen LogP contribution < -0.4 is 0 Å². The van der Waals surface area contributed by atoms with Gasteiger partial charge in [0.15, 0.2) is 0 Å². The fraction of sp³-hybridized carbons (Fsp3) is 0.308. The summed E-state index contributed by atoms with van der Waals surface area (Å²) in [4.78, 5) is 4.10. The van der Waals surface area contributed by atoms with Crippen LogP contribution in [-0.2, 0) is 6.42 Å². The third-order valence-corrected chi connectivity index (χ3v) is 2.60. The highest BCUT2D eigenvalue weighted by Gasteiger charge is 2.02. The molecule has 0 bridgehead atoms. The van der Waals surface area contributed by atoms with Crippen LogP contribution in [0.5, 0.6) is 0 Å². The fourth-order valence-electron chi connectivity index (χ4n) is 1.77. The van der Waals surface area contributed by atoms with Crippen molar-refractivity contribution in [3.8, 4) is 0 Å². The summed E-state index contributed by atoms with van der Waals surface area (Å²) in [5.41, 5.74) is 1.29. The van der Waals surface area contributed by atoms with E-state index in [9.17, 15) is 5.11 Å². The quantitative estimate of drug-likeness (QED) is 0.827. The van der Waals surface area contributed by atoms with Crippen LogP contribution in [0.15, 0.2) is 36.7 Å².